The Kier molecular flexibility index (Phi) is 2.66. The van der Waals surface area contributed by atoms with Gasteiger partial charge in [-0.3, -0.25) is 0 Å². The smallest absolute Gasteiger partial charge is 0.0410 e. The quantitative estimate of drug-likeness (QED) is 0.810. The summed E-state index contributed by atoms with van der Waals surface area (Å²) in [7, 11) is 0. The number of hydrogen-bond donors (Lipinski definition) is 1. The summed E-state index contributed by atoms with van der Waals surface area (Å²) in [5.74, 6) is 0. The van der Waals surface area contributed by atoms with Crippen molar-refractivity contribution in [1.29, 1.82) is 0 Å². The van der Waals surface area contributed by atoms with E-state index in [1.165, 1.54) is 11.3 Å². The SMILES string of the molecule is C[C@H](N)CN1CCc2cc(Cl)ccc21. The highest BCUT2D eigenvalue weighted by atomic mass is 35.5. The van der Waals surface area contributed by atoms with E-state index >= 15 is 0 Å². The van der Waals surface area contributed by atoms with Crippen LogP contribution in [0.15, 0.2) is 18.2 Å². The van der Waals surface area contributed by atoms with Crippen LogP contribution >= 0.6 is 11.6 Å². The Morgan fingerprint density at radius 3 is 3.07 bits per heavy atom. The average molecular weight is 211 g/mol. The van der Waals surface area contributed by atoms with Crippen molar-refractivity contribution >= 4 is 17.3 Å². The fourth-order valence-electron chi connectivity index (χ4n) is 1.98. The number of rotatable bonds is 2. The zero-order chi connectivity index (χ0) is 10.1. The van der Waals surface area contributed by atoms with Gasteiger partial charge in [-0.2, -0.15) is 0 Å². The van der Waals surface area contributed by atoms with E-state index in [9.17, 15) is 0 Å². The van der Waals surface area contributed by atoms with Crippen molar-refractivity contribution in [2.75, 3.05) is 18.0 Å². The average Bonchev–Trinajstić information content (AvgIpc) is 2.47. The second kappa shape index (κ2) is 3.79. The number of nitrogens with zero attached hydrogens (tertiary/aromatic N) is 1. The predicted octanol–water partition coefficient (Wildman–Crippen LogP) is 2.05. The Balaban J connectivity index is 2.22. The molecular formula is C11H15ClN2. The molecule has 3 heteroatoms. The lowest BCUT2D eigenvalue weighted by Gasteiger charge is -2.21. The van der Waals surface area contributed by atoms with Gasteiger partial charge in [-0.05, 0) is 37.1 Å². The maximum Gasteiger partial charge on any atom is 0.0410 e. The zero-order valence-electron chi connectivity index (χ0n) is 8.33. The third-order valence-corrected chi connectivity index (χ3v) is 2.78. The zero-order valence-corrected chi connectivity index (χ0v) is 9.09. The molecule has 14 heavy (non-hydrogen) atoms. The van der Waals surface area contributed by atoms with E-state index in [-0.39, 0.29) is 6.04 Å². The standard InChI is InChI=1S/C11H15ClN2/c1-8(13)7-14-5-4-9-6-10(12)2-3-11(9)14/h2-3,6,8H,4-5,7,13H2,1H3/t8-/m0/s1. The molecular weight excluding hydrogens is 196 g/mol. The number of nitrogens with two attached hydrogens (primary N) is 1. The van der Waals surface area contributed by atoms with Crippen molar-refractivity contribution in [3.63, 3.8) is 0 Å². The maximum absolute atomic E-state index is 5.93. The van der Waals surface area contributed by atoms with Crippen molar-refractivity contribution in [2.24, 2.45) is 5.73 Å². The van der Waals surface area contributed by atoms with E-state index in [2.05, 4.69) is 17.0 Å². The molecule has 2 N–H and O–H groups in total. The fraction of sp³-hybridized carbons (Fsp3) is 0.455. The lowest BCUT2D eigenvalue weighted by atomic mass is 10.2. The van der Waals surface area contributed by atoms with Crippen LogP contribution in [0.25, 0.3) is 0 Å². The van der Waals surface area contributed by atoms with Gasteiger partial charge in [0.15, 0.2) is 0 Å². The van der Waals surface area contributed by atoms with Crippen LogP contribution in [-0.4, -0.2) is 19.1 Å². The Labute approximate surface area is 89.7 Å². The molecule has 0 bridgehead atoms. The van der Waals surface area contributed by atoms with Crippen LogP contribution in [0.1, 0.15) is 12.5 Å². The first kappa shape index (κ1) is 9.81. The molecule has 0 radical (unpaired) electrons. The molecule has 0 saturated heterocycles. The normalized spacial score (nSPS) is 16.9. The van der Waals surface area contributed by atoms with Gasteiger partial charge in [0.2, 0.25) is 0 Å². The maximum atomic E-state index is 5.93. The van der Waals surface area contributed by atoms with Crippen LogP contribution in [0.4, 0.5) is 5.69 Å². The molecule has 0 aromatic heterocycles. The van der Waals surface area contributed by atoms with Crippen molar-refractivity contribution in [3.8, 4) is 0 Å². The van der Waals surface area contributed by atoms with E-state index < -0.39 is 0 Å². The highest BCUT2D eigenvalue weighted by Gasteiger charge is 2.19. The van der Waals surface area contributed by atoms with Gasteiger partial charge in [0.1, 0.15) is 0 Å². The van der Waals surface area contributed by atoms with Gasteiger partial charge in [0.05, 0.1) is 0 Å². The topological polar surface area (TPSA) is 29.3 Å². The summed E-state index contributed by atoms with van der Waals surface area (Å²) in [6.07, 6.45) is 1.09. The number of benzene rings is 1. The molecule has 2 nitrogen and oxygen atoms in total. The van der Waals surface area contributed by atoms with Gasteiger partial charge in [-0.1, -0.05) is 11.6 Å². The van der Waals surface area contributed by atoms with Crippen molar-refractivity contribution in [3.05, 3.63) is 28.8 Å². The number of fused-ring (bicyclic) bond motifs is 1. The number of hydrogen-bond acceptors (Lipinski definition) is 2. The van der Waals surface area contributed by atoms with Gasteiger partial charge < -0.3 is 10.6 Å². The summed E-state index contributed by atoms with van der Waals surface area (Å²) in [6, 6.07) is 6.31. The molecule has 0 amide bonds. The second-order valence-corrected chi connectivity index (χ2v) is 4.38. The first-order chi connectivity index (χ1) is 6.66. The van der Waals surface area contributed by atoms with Crippen LogP contribution in [0.3, 0.4) is 0 Å². The van der Waals surface area contributed by atoms with Gasteiger partial charge in [0.25, 0.3) is 0 Å². The lowest BCUT2D eigenvalue weighted by molar-refractivity contribution is 0.693. The summed E-state index contributed by atoms with van der Waals surface area (Å²) in [5.41, 5.74) is 8.43. The van der Waals surface area contributed by atoms with E-state index in [0.29, 0.717) is 0 Å². The number of anilines is 1. The first-order valence-corrected chi connectivity index (χ1v) is 5.33. The van der Waals surface area contributed by atoms with Crippen LogP contribution < -0.4 is 10.6 Å². The Morgan fingerprint density at radius 1 is 1.57 bits per heavy atom. The van der Waals surface area contributed by atoms with Crippen LogP contribution in [0.2, 0.25) is 5.02 Å². The first-order valence-electron chi connectivity index (χ1n) is 4.96. The third kappa shape index (κ3) is 1.86. The molecule has 1 aromatic carbocycles. The van der Waals surface area contributed by atoms with Gasteiger partial charge in [0, 0.05) is 29.8 Å². The molecule has 0 saturated carbocycles. The van der Waals surface area contributed by atoms with E-state index in [1.54, 1.807) is 0 Å². The third-order valence-electron chi connectivity index (χ3n) is 2.54. The van der Waals surface area contributed by atoms with Gasteiger partial charge >= 0.3 is 0 Å². The van der Waals surface area contributed by atoms with Crippen LogP contribution in [-0.2, 0) is 6.42 Å². The monoisotopic (exact) mass is 210 g/mol. The molecule has 0 spiro atoms. The molecule has 1 aliphatic heterocycles. The summed E-state index contributed by atoms with van der Waals surface area (Å²) in [6.45, 7) is 4.03. The molecule has 0 aliphatic carbocycles. The Morgan fingerprint density at radius 2 is 2.36 bits per heavy atom. The number of halogens is 1. The van der Waals surface area contributed by atoms with Crippen molar-refractivity contribution < 1.29 is 0 Å². The summed E-state index contributed by atoms with van der Waals surface area (Å²) in [5, 5.41) is 0.825. The minimum atomic E-state index is 0.219. The minimum absolute atomic E-state index is 0.219. The molecule has 1 aliphatic rings. The minimum Gasteiger partial charge on any atom is -0.369 e. The van der Waals surface area contributed by atoms with E-state index in [1.807, 2.05) is 13.0 Å². The molecule has 2 rings (SSSR count). The summed E-state index contributed by atoms with van der Waals surface area (Å²) >= 11 is 5.93. The molecule has 1 heterocycles. The molecule has 1 atom stereocenters. The predicted molar refractivity (Wildman–Crippen MR) is 61.0 cm³/mol. The Bertz CT molecular complexity index is 336. The summed E-state index contributed by atoms with van der Waals surface area (Å²) < 4.78 is 0. The fourth-order valence-corrected chi connectivity index (χ4v) is 2.17. The highest BCUT2D eigenvalue weighted by Crippen LogP contribution is 2.30. The molecule has 0 fully saturated rings. The van der Waals surface area contributed by atoms with Crippen LogP contribution in [0.5, 0.6) is 0 Å². The van der Waals surface area contributed by atoms with E-state index in [0.717, 1.165) is 24.5 Å². The molecule has 0 unspecified atom stereocenters. The lowest BCUT2D eigenvalue weighted by Crippen LogP contribution is -2.34. The molecule has 1 aromatic rings. The van der Waals surface area contributed by atoms with E-state index in [4.69, 9.17) is 17.3 Å². The van der Waals surface area contributed by atoms with Gasteiger partial charge in [-0.25, -0.2) is 0 Å². The van der Waals surface area contributed by atoms with Crippen molar-refractivity contribution in [2.45, 2.75) is 19.4 Å². The second-order valence-electron chi connectivity index (χ2n) is 3.95. The van der Waals surface area contributed by atoms with Crippen molar-refractivity contribution in [1.82, 2.24) is 0 Å². The largest absolute Gasteiger partial charge is 0.369 e. The van der Waals surface area contributed by atoms with Gasteiger partial charge in [-0.15, -0.1) is 0 Å². The summed E-state index contributed by atoms with van der Waals surface area (Å²) in [4.78, 5) is 2.33. The Hall–Kier alpha value is -0.730. The molecule has 76 valence electrons. The highest BCUT2D eigenvalue weighted by molar-refractivity contribution is 6.30. The van der Waals surface area contributed by atoms with Crippen LogP contribution in [0, 0.1) is 0 Å².